The summed E-state index contributed by atoms with van der Waals surface area (Å²) in [7, 11) is 0. The topological polar surface area (TPSA) is 82.1 Å². The Kier molecular flexibility index (Phi) is 3.42. The Labute approximate surface area is 126 Å². The number of aromatic nitrogens is 2. The fourth-order valence-electron chi connectivity index (χ4n) is 2.29. The van der Waals surface area contributed by atoms with Crippen LogP contribution in [0, 0.1) is 24.0 Å². The van der Waals surface area contributed by atoms with Crippen LogP contribution in [-0.4, -0.2) is 15.1 Å². The maximum Gasteiger partial charge on any atom is 0.273 e. The Bertz CT molecular complexity index is 855. The van der Waals surface area contributed by atoms with E-state index in [0.29, 0.717) is 17.0 Å². The highest BCUT2D eigenvalue weighted by Gasteiger charge is 2.18. The van der Waals surface area contributed by atoms with Gasteiger partial charge in [-0.25, -0.2) is 0 Å². The molecule has 0 saturated heterocycles. The fraction of sp³-hybridized carbons (Fsp3) is 0.125. The van der Waals surface area contributed by atoms with Gasteiger partial charge in [0.25, 0.3) is 11.6 Å². The number of nitro benzene ring substituents is 1. The zero-order valence-corrected chi connectivity index (χ0v) is 12.1. The molecule has 22 heavy (non-hydrogen) atoms. The predicted octanol–water partition coefficient (Wildman–Crippen LogP) is 3.93. The normalized spacial score (nSPS) is 10.6. The van der Waals surface area contributed by atoms with Gasteiger partial charge in [-0.15, -0.1) is 0 Å². The maximum atomic E-state index is 11.0. The predicted molar refractivity (Wildman–Crippen MR) is 81.3 cm³/mol. The number of rotatable bonds is 3. The van der Waals surface area contributed by atoms with Crippen molar-refractivity contribution in [1.82, 2.24) is 10.1 Å². The molecule has 0 N–H and O–H groups in total. The minimum absolute atomic E-state index is 0.0350. The Morgan fingerprint density at radius 3 is 2.64 bits per heavy atom. The Hall–Kier alpha value is -3.02. The largest absolute Gasteiger partial charge is 0.334 e. The molecule has 0 aliphatic carbocycles. The molecule has 0 bridgehead atoms. The summed E-state index contributed by atoms with van der Waals surface area (Å²) in [4.78, 5) is 14.9. The molecule has 110 valence electrons. The standard InChI is InChI=1S/C16H13N3O3/c1-10-5-3-6-12(9-10)15-17-16(22-18-15)13-7-4-8-14(11(13)2)19(20)21/h3-9H,1-2H3. The second-order valence-corrected chi connectivity index (χ2v) is 5.00. The van der Waals surface area contributed by atoms with Crippen LogP contribution < -0.4 is 0 Å². The Morgan fingerprint density at radius 1 is 1.14 bits per heavy atom. The van der Waals surface area contributed by atoms with Crippen LogP contribution in [0.1, 0.15) is 11.1 Å². The summed E-state index contributed by atoms with van der Waals surface area (Å²) in [5.74, 6) is 0.738. The van der Waals surface area contributed by atoms with Crippen LogP contribution in [0.2, 0.25) is 0 Å². The smallest absolute Gasteiger partial charge is 0.273 e. The van der Waals surface area contributed by atoms with Crippen molar-refractivity contribution in [2.75, 3.05) is 0 Å². The molecule has 0 atom stereocenters. The van der Waals surface area contributed by atoms with E-state index in [1.165, 1.54) is 6.07 Å². The van der Waals surface area contributed by atoms with Crippen molar-refractivity contribution in [2.45, 2.75) is 13.8 Å². The molecule has 0 aliphatic rings. The lowest BCUT2D eigenvalue weighted by molar-refractivity contribution is -0.385. The lowest BCUT2D eigenvalue weighted by Crippen LogP contribution is -1.93. The zero-order chi connectivity index (χ0) is 15.7. The summed E-state index contributed by atoms with van der Waals surface area (Å²) in [5.41, 5.74) is 3.05. The highest BCUT2D eigenvalue weighted by molar-refractivity contribution is 5.66. The van der Waals surface area contributed by atoms with Gasteiger partial charge >= 0.3 is 0 Å². The Morgan fingerprint density at radius 2 is 1.91 bits per heavy atom. The number of hydrogen-bond donors (Lipinski definition) is 0. The number of nitro groups is 1. The van der Waals surface area contributed by atoms with Crippen molar-refractivity contribution in [1.29, 1.82) is 0 Å². The molecule has 3 rings (SSSR count). The quantitative estimate of drug-likeness (QED) is 0.540. The number of nitrogens with zero attached hydrogens (tertiary/aromatic N) is 3. The van der Waals surface area contributed by atoms with Gasteiger partial charge in [-0.1, -0.05) is 35.0 Å². The van der Waals surface area contributed by atoms with E-state index >= 15 is 0 Å². The van der Waals surface area contributed by atoms with E-state index in [-0.39, 0.29) is 11.6 Å². The molecule has 0 unspecified atom stereocenters. The van der Waals surface area contributed by atoms with Crippen molar-refractivity contribution in [3.63, 3.8) is 0 Å². The van der Waals surface area contributed by atoms with Crippen LogP contribution in [0.3, 0.4) is 0 Å². The number of hydrogen-bond acceptors (Lipinski definition) is 5. The van der Waals surface area contributed by atoms with Crippen LogP contribution >= 0.6 is 0 Å². The van der Waals surface area contributed by atoms with Gasteiger partial charge in [-0.2, -0.15) is 4.98 Å². The van der Waals surface area contributed by atoms with Gasteiger partial charge < -0.3 is 4.52 Å². The van der Waals surface area contributed by atoms with E-state index in [9.17, 15) is 10.1 Å². The SMILES string of the molecule is Cc1cccc(-c2noc(-c3cccc([N+](=O)[O-])c3C)n2)c1. The molecule has 3 aromatic rings. The maximum absolute atomic E-state index is 11.0. The van der Waals surface area contributed by atoms with Crippen molar-refractivity contribution >= 4 is 5.69 Å². The second kappa shape index (κ2) is 5.40. The third-order valence-corrected chi connectivity index (χ3v) is 3.43. The summed E-state index contributed by atoms with van der Waals surface area (Å²) < 4.78 is 5.28. The van der Waals surface area contributed by atoms with E-state index < -0.39 is 4.92 Å². The second-order valence-electron chi connectivity index (χ2n) is 5.00. The fourth-order valence-corrected chi connectivity index (χ4v) is 2.29. The van der Waals surface area contributed by atoms with Gasteiger partial charge in [0, 0.05) is 22.8 Å². The molecule has 2 aromatic carbocycles. The van der Waals surface area contributed by atoms with E-state index in [4.69, 9.17) is 4.52 Å². The van der Waals surface area contributed by atoms with E-state index in [1.54, 1.807) is 19.1 Å². The third-order valence-electron chi connectivity index (χ3n) is 3.43. The molecular formula is C16H13N3O3. The molecule has 6 heteroatoms. The van der Waals surface area contributed by atoms with Gasteiger partial charge in [-0.3, -0.25) is 10.1 Å². The molecule has 0 spiro atoms. The minimum atomic E-state index is -0.420. The molecule has 0 radical (unpaired) electrons. The monoisotopic (exact) mass is 295 g/mol. The van der Waals surface area contributed by atoms with Gasteiger partial charge in [0.2, 0.25) is 5.82 Å². The van der Waals surface area contributed by atoms with Crippen LogP contribution in [-0.2, 0) is 0 Å². The lowest BCUT2D eigenvalue weighted by atomic mass is 10.1. The molecule has 1 heterocycles. The number of aryl methyl sites for hydroxylation is 1. The zero-order valence-electron chi connectivity index (χ0n) is 12.1. The van der Waals surface area contributed by atoms with E-state index in [0.717, 1.165) is 11.1 Å². The minimum Gasteiger partial charge on any atom is -0.334 e. The molecule has 0 amide bonds. The summed E-state index contributed by atoms with van der Waals surface area (Å²) in [6.45, 7) is 3.65. The average Bonchev–Trinajstić information content (AvgIpc) is 2.97. The van der Waals surface area contributed by atoms with Gasteiger partial charge in [0.15, 0.2) is 0 Å². The summed E-state index contributed by atoms with van der Waals surface area (Å²) in [6, 6.07) is 12.5. The lowest BCUT2D eigenvalue weighted by Gasteiger charge is -2.01. The van der Waals surface area contributed by atoms with Crippen molar-refractivity contribution in [2.24, 2.45) is 0 Å². The van der Waals surface area contributed by atoms with E-state index in [2.05, 4.69) is 10.1 Å². The first kappa shape index (κ1) is 13.9. The highest BCUT2D eigenvalue weighted by Crippen LogP contribution is 2.30. The Balaban J connectivity index is 2.05. The molecule has 6 nitrogen and oxygen atoms in total. The molecule has 0 aliphatic heterocycles. The summed E-state index contributed by atoms with van der Waals surface area (Å²) in [6.07, 6.45) is 0. The van der Waals surface area contributed by atoms with Crippen molar-refractivity contribution < 1.29 is 9.45 Å². The van der Waals surface area contributed by atoms with Crippen LogP contribution in [0.4, 0.5) is 5.69 Å². The van der Waals surface area contributed by atoms with Crippen LogP contribution in [0.5, 0.6) is 0 Å². The highest BCUT2D eigenvalue weighted by atomic mass is 16.6. The molecular weight excluding hydrogens is 282 g/mol. The summed E-state index contributed by atoms with van der Waals surface area (Å²) in [5, 5.41) is 15.0. The first-order valence-electron chi connectivity index (χ1n) is 6.71. The first-order valence-corrected chi connectivity index (χ1v) is 6.71. The van der Waals surface area contributed by atoms with Crippen molar-refractivity contribution in [3.05, 3.63) is 63.7 Å². The van der Waals surface area contributed by atoms with Crippen LogP contribution in [0.15, 0.2) is 47.0 Å². The summed E-state index contributed by atoms with van der Waals surface area (Å²) >= 11 is 0. The molecule has 0 saturated carbocycles. The van der Waals surface area contributed by atoms with Gasteiger partial charge in [0.05, 0.1) is 4.92 Å². The average molecular weight is 295 g/mol. The van der Waals surface area contributed by atoms with E-state index in [1.807, 2.05) is 31.2 Å². The molecule has 0 fully saturated rings. The van der Waals surface area contributed by atoms with Crippen molar-refractivity contribution in [3.8, 4) is 22.8 Å². The van der Waals surface area contributed by atoms with Gasteiger partial charge in [-0.05, 0) is 26.0 Å². The first-order chi connectivity index (χ1) is 10.6. The third kappa shape index (κ3) is 2.46. The van der Waals surface area contributed by atoms with Crippen LogP contribution in [0.25, 0.3) is 22.8 Å². The van der Waals surface area contributed by atoms with Gasteiger partial charge in [0.1, 0.15) is 0 Å². The number of benzene rings is 2. The molecule has 1 aromatic heterocycles.